The maximum atomic E-state index is 13.1. The lowest BCUT2D eigenvalue weighted by Gasteiger charge is -2.32. The molecule has 2 aromatic rings. The highest BCUT2D eigenvalue weighted by Gasteiger charge is 2.31. The zero-order valence-corrected chi connectivity index (χ0v) is 19.2. The number of hydrogen-bond acceptors (Lipinski definition) is 5. The second-order valence-electron chi connectivity index (χ2n) is 7.77. The van der Waals surface area contributed by atoms with Crippen LogP contribution in [0.1, 0.15) is 50.5 Å². The Balaban J connectivity index is 1.63. The first kappa shape index (κ1) is 22.9. The average Bonchev–Trinajstić information content (AvgIpc) is 3.10. The van der Waals surface area contributed by atoms with Crippen LogP contribution in [0.4, 0.5) is 0 Å². The van der Waals surface area contributed by atoms with E-state index in [2.05, 4.69) is 10.3 Å². The van der Waals surface area contributed by atoms with Crippen LogP contribution in [0.2, 0.25) is 0 Å². The van der Waals surface area contributed by atoms with Gasteiger partial charge in [-0.2, -0.15) is 0 Å². The first-order chi connectivity index (χ1) is 14.8. The lowest BCUT2D eigenvalue weighted by molar-refractivity contribution is -0.126. The molecule has 8 heteroatoms. The molecule has 1 aliphatic rings. The van der Waals surface area contributed by atoms with Gasteiger partial charge in [-0.15, -0.1) is 11.8 Å². The van der Waals surface area contributed by atoms with Gasteiger partial charge in [-0.3, -0.25) is 9.59 Å². The first-order valence-electron chi connectivity index (χ1n) is 10.3. The number of carbonyl (C=O) groups is 3. The molecule has 7 nitrogen and oxygen atoms in total. The van der Waals surface area contributed by atoms with E-state index in [1.807, 2.05) is 30.5 Å². The second-order valence-corrected chi connectivity index (χ2v) is 8.65. The second kappa shape index (κ2) is 10.0. The summed E-state index contributed by atoms with van der Waals surface area (Å²) in [5, 5.41) is 3.00. The molecule has 1 atom stereocenters. The molecule has 0 aliphatic carbocycles. The Hall–Kier alpha value is -2.74. The van der Waals surface area contributed by atoms with Gasteiger partial charge in [0.05, 0.1) is 18.6 Å². The van der Waals surface area contributed by atoms with Gasteiger partial charge in [0, 0.05) is 30.2 Å². The number of carbonyl (C=O) groups excluding carboxylic acids is 3. The quantitative estimate of drug-likeness (QED) is 0.528. The van der Waals surface area contributed by atoms with Crippen LogP contribution in [-0.2, 0) is 16.1 Å². The Morgan fingerprint density at radius 2 is 1.94 bits per heavy atom. The SMILES string of the molecule is COC(=O)c1c(C)[nH]c(C(=O)N2CCC[C@H](C(=O)NCc3ccc(SC)cc3)C2)c1C. The molecule has 0 saturated carbocycles. The fraction of sp³-hybridized carbons (Fsp3) is 0.435. The number of nitrogens with zero attached hydrogens (tertiary/aromatic N) is 1. The number of aryl methyl sites for hydroxylation is 1. The maximum absolute atomic E-state index is 13.1. The highest BCUT2D eigenvalue weighted by molar-refractivity contribution is 7.98. The number of aromatic amines is 1. The summed E-state index contributed by atoms with van der Waals surface area (Å²) < 4.78 is 4.82. The van der Waals surface area contributed by atoms with Crippen LogP contribution in [0, 0.1) is 19.8 Å². The molecule has 2 heterocycles. The van der Waals surface area contributed by atoms with Crippen LogP contribution in [0.25, 0.3) is 0 Å². The van der Waals surface area contributed by atoms with Crippen molar-refractivity contribution in [2.45, 2.75) is 38.1 Å². The van der Waals surface area contributed by atoms with E-state index in [9.17, 15) is 14.4 Å². The standard InChI is InChI=1S/C23H29N3O4S/c1-14-19(23(29)30-3)15(2)25-20(14)22(28)26-11-5-6-17(13-26)21(27)24-12-16-7-9-18(31-4)10-8-16/h7-10,17,25H,5-6,11-13H2,1-4H3,(H,24,27)/t17-/m0/s1. The Morgan fingerprint density at radius 3 is 2.58 bits per heavy atom. The van der Waals surface area contributed by atoms with Crippen molar-refractivity contribution in [2.24, 2.45) is 5.92 Å². The molecule has 0 radical (unpaired) electrons. The molecule has 0 unspecified atom stereocenters. The average molecular weight is 444 g/mol. The fourth-order valence-corrected chi connectivity index (χ4v) is 4.39. The van der Waals surface area contributed by atoms with Gasteiger partial charge in [0.1, 0.15) is 5.69 Å². The number of hydrogen-bond donors (Lipinski definition) is 2. The number of piperidine rings is 1. The third-order valence-electron chi connectivity index (χ3n) is 5.75. The lowest BCUT2D eigenvalue weighted by Crippen LogP contribution is -2.45. The lowest BCUT2D eigenvalue weighted by atomic mass is 9.96. The van der Waals surface area contributed by atoms with Gasteiger partial charge < -0.3 is 19.9 Å². The van der Waals surface area contributed by atoms with Gasteiger partial charge in [-0.25, -0.2) is 4.79 Å². The highest BCUT2D eigenvalue weighted by atomic mass is 32.2. The Morgan fingerprint density at radius 1 is 1.23 bits per heavy atom. The third-order valence-corrected chi connectivity index (χ3v) is 6.49. The number of aromatic nitrogens is 1. The molecule has 1 aromatic carbocycles. The van der Waals surface area contributed by atoms with Gasteiger partial charge in [0.15, 0.2) is 0 Å². The van der Waals surface area contributed by atoms with Crippen LogP contribution in [0.5, 0.6) is 0 Å². The number of H-pyrrole nitrogens is 1. The highest BCUT2D eigenvalue weighted by Crippen LogP contribution is 2.24. The van der Waals surface area contributed by atoms with E-state index >= 15 is 0 Å². The predicted molar refractivity (Wildman–Crippen MR) is 120 cm³/mol. The summed E-state index contributed by atoms with van der Waals surface area (Å²) in [6.45, 7) is 4.90. The van der Waals surface area contributed by atoms with Gasteiger partial charge in [-0.1, -0.05) is 12.1 Å². The smallest absolute Gasteiger partial charge is 0.339 e. The zero-order chi connectivity index (χ0) is 22.5. The Bertz CT molecular complexity index is 968. The topological polar surface area (TPSA) is 91.5 Å². The van der Waals surface area contributed by atoms with Crippen molar-refractivity contribution in [1.82, 2.24) is 15.2 Å². The van der Waals surface area contributed by atoms with Crippen molar-refractivity contribution in [2.75, 3.05) is 26.5 Å². The minimum Gasteiger partial charge on any atom is -0.465 e. The molecule has 166 valence electrons. The van der Waals surface area contributed by atoms with Crippen molar-refractivity contribution >= 4 is 29.5 Å². The van der Waals surface area contributed by atoms with E-state index in [-0.39, 0.29) is 17.7 Å². The van der Waals surface area contributed by atoms with E-state index in [4.69, 9.17) is 4.74 Å². The predicted octanol–water partition coefficient (Wildman–Crippen LogP) is 3.31. The normalized spacial score (nSPS) is 16.1. The molecule has 2 amide bonds. The van der Waals surface area contributed by atoms with Gasteiger partial charge >= 0.3 is 5.97 Å². The number of methoxy groups -OCH3 is 1. The number of likely N-dealkylation sites (tertiary alicyclic amines) is 1. The molecular formula is C23H29N3O4S. The van der Waals surface area contributed by atoms with Crippen molar-refractivity contribution in [3.05, 3.63) is 52.3 Å². The summed E-state index contributed by atoms with van der Waals surface area (Å²) in [5.41, 5.74) is 3.00. The molecule has 0 spiro atoms. The molecule has 2 N–H and O–H groups in total. The summed E-state index contributed by atoms with van der Waals surface area (Å²) in [6, 6.07) is 8.10. The Kier molecular flexibility index (Phi) is 7.43. The first-order valence-corrected chi connectivity index (χ1v) is 11.6. The molecule has 31 heavy (non-hydrogen) atoms. The molecule has 1 aliphatic heterocycles. The number of nitrogens with one attached hydrogen (secondary N) is 2. The van der Waals surface area contributed by atoms with E-state index in [1.54, 1.807) is 30.5 Å². The molecule has 1 saturated heterocycles. The number of ether oxygens (including phenoxy) is 1. The van der Waals surface area contributed by atoms with E-state index in [0.717, 1.165) is 18.4 Å². The van der Waals surface area contributed by atoms with Crippen molar-refractivity contribution < 1.29 is 19.1 Å². The van der Waals surface area contributed by atoms with E-state index in [1.165, 1.54) is 12.0 Å². The van der Waals surface area contributed by atoms with Gasteiger partial charge in [0.2, 0.25) is 5.91 Å². The van der Waals surface area contributed by atoms with Crippen LogP contribution >= 0.6 is 11.8 Å². The summed E-state index contributed by atoms with van der Waals surface area (Å²) in [5.74, 6) is -0.951. The van der Waals surface area contributed by atoms with Crippen LogP contribution < -0.4 is 5.32 Å². The number of rotatable bonds is 6. The minimum absolute atomic E-state index is 0.0407. The monoisotopic (exact) mass is 443 g/mol. The van der Waals surface area contributed by atoms with Crippen molar-refractivity contribution in [3.63, 3.8) is 0 Å². The summed E-state index contributed by atoms with van der Waals surface area (Å²) >= 11 is 1.68. The van der Waals surface area contributed by atoms with Crippen molar-refractivity contribution in [3.8, 4) is 0 Å². The van der Waals surface area contributed by atoms with Gasteiger partial charge in [-0.05, 0) is 56.2 Å². The van der Waals surface area contributed by atoms with Crippen molar-refractivity contribution in [1.29, 1.82) is 0 Å². The number of thioether (sulfide) groups is 1. The zero-order valence-electron chi connectivity index (χ0n) is 18.4. The molecule has 3 rings (SSSR count). The Labute approximate surface area is 186 Å². The van der Waals surface area contributed by atoms with Crippen LogP contribution in [0.3, 0.4) is 0 Å². The minimum atomic E-state index is -0.466. The number of esters is 1. The molecular weight excluding hydrogens is 414 g/mol. The number of amides is 2. The fourth-order valence-electron chi connectivity index (χ4n) is 3.98. The third kappa shape index (κ3) is 5.12. The van der Waals surface area contributed by atoms with Crippen LogP contribution in [0.15, 0.2) is 29.2 Å². The summed E-state index contributed by atoms with van der Waals surface area (Å²) in [4.78, 5) is 43.8. The largest absolute Gasteiger partial charge is 0.465 e. The molecule has 1 fully saturated rings. The van der Waals surface area contributed by atoms with Crippen LogP contribution in [-0.4, -0.2) is 54.1 Å². The maximum Gasteiger partial charge on any atom is 0.339 e. The van der Waals surface area contributed by atoms with E-state index < -0.39 is 5.97 Å². The molecule has 0 bridgehead atoms. The van der Waals surface area contributed by atoms with Gasteiger partial charge in [0.25, 0.3) is 5.91 Å². The molecule has 1 aromatic heterocycles. The number of benzene rings is 1. The summed E-state index contributed by atoms with van der Waals surface area (Å²) in [6.07, 6.45) is 3.53. The van der Waals surface area contributed by atoms with E-state index in [0.29, 0.717) is 42.1 Å². The summed E-state index contributed by atoms with van der Waals surface area (Å²) in [7, 11) is 1.32.